The quantitative estimate of drug-likeness (QED) is 0.264. The fraction of sp³-hybridized carbons (Fsp3) is 0.419. The van der Waals surface area contributed by atoms with Crippen molar-refractivity contribution in [2.75, 3.05) is 0 Å². The zero-order valence-electron chi connectivity index (χ0n) is 22.6. The number of aliphatic hydroxyl groups is 2. The van der Waals surface area contributed by atoms with E-state index in [0.29, 0.717) is 18.0 Å². The standard InChI is InChI=1S/C25H24FNO4.C6H15N/c26-17-9-7-15(8-10-17)24-20-3-1-2-4-22(20)27-25(16-5-6-16)21(24)12-11-18(28)13-19(29)14-23(30)31;1-5(2)7-6(3)4/h1-4,7-12,16,18-19,28-29H,5-6,13-14H2,(H,30,31);5-7H,1-4H3/b12-11+;/t18-,19-;/m1./s1. The second-order valence-electron chi connectivity index (χ2n) is 10.5. The van der Waals surface area contributed by atoms with E-state index in [2.05, 4.69) is 33.0 Å². The predicted octanol–water partition coefficient (Wildman–Crippen LogP) is 5.91. The molecule has 0 bridgehead atoms. The van der Waals surface area contributed by atoms with Crippen molar-refractivity contribution in [1.29, 1.82) is 0 Å². The normalized spacial score (nSPS) is 15.1. The number of aliphatic hydroxyl groups excluding tert-OH is 2. The van der Waals surface area contributed by atoms with Gasteiger partial charge >= 0.3 is 5.97 Å². The second kappa shape index (κ2) is 13.6. The summed E-state index contributed by atoms with van der Waals surface area (Å²) in [5.41, 5.74) is 4.43. The van der Waals surface area contributed by atoms with E-state index in [4.69, 9.17) is 10.1 Å². The lowest BCUT2D eigenvalue weighted by molar-refractivity contribution is -0.139. The fourth-order valence-corrected chi connectivity index (χ4v) is 4.53. The van der Waals surface area contributed by atoms with Gasteiger partial charge in [0.25, 0.3) is 0 Å². The van der Waals surface area contributed by atoms with Gasteiger partial charge < -0.3 is 20.6 Å². The Balaban J connectivity index is 0.000000505. The van der Waals surface area contributed by atoms with Crippen molar-refractivity contribution < 1.29 is 24.5 Å². The van der Waals surface area contributed by atoms with Crippen molar-refractivity contribution in [1.82, 2.24) is 10.3 Å². The number of carboxylic acids is 1. The van der Waals surface area contributed by atoms with Crippen molar-refractivity contribution >= 4 is 22.9 Å². The molecule has 1 aromatic heterocycles. The lowest BCUT2D eigenvalue weighted by Crippen LogP contribution is -2.29. The number of fused-ring (bicyclic) bond motifs is 1. The third-order valence-corrected chi connectivity index (χ3v) is 6.13. The van der Waals surface area contributed by atoms with E-state index < -0.39 is 24.6 Å². The largest absolute Gasteiger partial charge is 0.481 e. The summed E-state index contributed by atoms with van der Waals surface area (Å²) in [6, 6.07) is 15.4. The lowest BCUT2D eigenvalue weighted by atomic mass is 9.92. The van der Waals surface area contributed by atoms with Gasteiger partial charge in [-0.05, 0) is 36.6 Å². The maximum Gasteiger partial charge on any atom is 0.305 e. The molecule has 204 valence electrons. The first kappa shape index (κ1) is 29.4. The average molecular weight is 523 g/mol. The monoisotopic (exact) mass is 522 g/mol. The summed E-state index contributed by atoms with van der Waals surface area (Å²) in [4.78, 5) is 15.6. The lowest BCUT2D eigenvalue weighted by Gasteiger charge is -2.16. The highest BCUT2D eigenvalue weighted by molar-refractivity contribution is 5.99. The highest BCUT2D eigenvalue weighted by Gasteiger charge is 2.29. The Morgan fingerprint density at radius 1 is 1.05 bits per heavy atom. The Morgan fingerprint density at radius 3 is 2.24 bits per heavy atom. The van der Waals surface area contributed by atoms with Crippen LogP contribution in [0.15, 0.2) is 54.6 Å². The van der Waals surface area contributed by atoms with Crippen LogP contribution in [0.1, 0.15) is 70.6 Å². The van der Waals surface area contributed by atoms with Crippen molar-refractivity contribution in [2.24, 2.45) is 0 Å². The molecule has 6 nitrogen and oxygen atoms in total. The maximum absolute atomic E-state index is 13.6. The first-order chi connectivity index (χ1) is 18.0. The minimum Gasteiger partial charge on any atom is -0.481 e. The van der Waals surface area contributed by atoms with Gasteiger partial charge in [0.05, 0.1) is 29.8 Å². The summed E-state index contributed by atoms with van der Waals surface area (Å²) in [6.45, 7) is 8.61. The minimum atomic E-state index is -1.13. The number of hydrogen-bond acceptors (Lipinski definition) is 5. The van der Waals surface area contributed by atoms with E-state index in [1.54, 1.807) is 24.3 Å². The fourth-order valence-electron chi connectivity index (χ4n) is 4.53. The van der Waals surface area contributed by atoms with Gasteiger partial charge in [-0.1, -0.05) is 70.2 Å². The van der Waals surface area contributed by atoms with E-state index in [1.165, 1.54) is 12.1 Å². The van der Waals surface area contributed by atoms with Crippen LogP contribution in [0.25, 0.3) is 28.1 Å². The van der Waals surface area contributed by atoms with Gasteiger partial charge in [0.1, 0.15) is 5.82 Å². The highest BCUT2D eigenvalue weighted by atomic mass is 19.1. The third kappa shape index (κ3) is 8.72. The number of carboxylic acid groups (broad SMARTS) is 1. The molecule has 0 spiro atoms. The number of rotatable bonds is 10. The minimum absolute atomic E-state index is 0.0749. The van der Waals surface area contributed by atoms with Gasteiger partial charge in [0, 0.05) is 40.9 Å². The third-order valence-electron chi connectivity index (χ3n) is 6.13. The zero-order valence-corrected chi connectivity index (χ0v) is 22.6. The molecule has 1 aliphatic rings. The summed E-state index contributed by atoms with van der Waals surface area (Å²) in [7, 11) is 0. The molecule has 1 heterocycles. The van der Waals surface area contributed by atoms with Gasteiger partial charge in [-0.25, -0.2) is 4.39 Å². The topological polar surface area (TPSA) is 103 Å². The van der Waals surface area contributed by atoms with Gasteiger partial charge in [-0.15, -0.1) is 0 Å². The van der Waals surface area contributed by atoms with Gasteiger partial charge in [-0.3, -0.25) is 9.78 Å². The molecule has 4 rings (SSSR count). The molecule has 2 atom stereocenters. The molecule has 38 heavy (non-hydrogen) atoms. The van der Waals surface area contributed by atoms with Crippen LogP contribution < -0.4 is 5.32 Å². The summed E-state index contributed by atoms with van der Waals surface area (Å²) >= 11 is 0. The van der Waals surface area contributed by atoms with Crippen LogP contribution in [0.5, 0.6) is 0 Å². The predicted molar refractivity (Wildman–Crippen MR) is 150 cm³/mol. The Hall–Kier alpha value is -3.13. The molecule has 7 heteroatoms. The molecule has 4 N–H and O–H groups in total. The number of carbonyl (C=O) groups is 1. The van der Waals surface area contributed by atoms with E-state index >= 15 is 0 Å². The molecule has 3 aromatic rings. The van der Waals surface area contributed by atoms with Gasteiger partial charge in [0.15, 0.2) is 0 Å². The van der Waals surface area contributed by atoms with Gasteiger partial charge in [-0.2, -0.15) is 0 Å². The summed E-state index contributed by atoms with van der Waals surface area (Å²) in [6.07, 6.45) is 2.80. The molecule has 0 aliphatic heterocycles. The first-order valence-electron chi connectivity index (χ1n) is 13.3. The number of pyridine rings is 1. The summed E-state index contributed by atoms with van der Waals surface area (Å²) in [5.74, 6) is -1.10. The molecule has 1 aliphatic carbocycles. The van der Waals surface area contributed by atoms with E-state index in [-0.39, 0.29) is 12.2 Å². The number of para-hydroxylation sites is 1. The Kier molecular flexibility index (Phi) is 10.5. The second-order valence-corrected chi connectivity index (χ2v) is 10.5. The molecule has 1 saturated carbocycles. The number of halogens is 1. The van der Waals surface area contributed by atoms with E-state index in [0.717, 1.165) is 46.1 Å². The van der Waals surface area contributed by atoms with E-state index in [1.807, 2.05) is 24.3 Å². The molecule has 0 radical (unpaired) electrons. The number of aliphatic carboxylic acids is 1. The van der Waals surface area contributed by atoms with Crippen LogP contribution in [0.2, 0.25) is 0 Å². The molecule has 1 fully saturated rings. The average Bonchev–Trinajstić information content (AvgIpc) is 3.67. The van der Waals surface area contributed by atoms with Crippen LogP contribution >= 0.6 is 0 Å². The van der Waals surface area contributed by atoms with Crippen molar-refractivity contribution in [3.05, 3.63) is 71.7 Å². The van der Waals surface area contributed by atoms with Crippen LogP contribution in [0.4, 0.5) is 4.39 Å². The SMILES string of the molecule is CC(C)NC(C)C.O=C(O)C[C@H](O)C[C@H](O)/C=C/c1c(C2CC2)nc2ccccc2c1-c1ccc(F)cc1. The summed E-state index contributed by atoms with van der Waals surface area (Å²) in [5, 5.41) is 33.2. The van der Waals surface area contributed by atoms with Crippen molar-refractivity contribution in [3.63, 3.8) is 0 Å². The first-order valence-corrected chi connectivity index (χ1v) is 13.3. The Bertz CT molecular complexity index is 1230. The van der Waals surface area contributed by atoms with Gasteiger partial charge in [0.2, 0.25) is 0 Å². The molecular weight excluding hydrogens is 483 g/mol. The van der Waals surface area contributed by atoms with E-state index in [9.17, 15) is 19.4 Å². The molecule has 2 aromatic carbocycles. The number of aromatic nitrogens is 1. The van der Waals surface area contributed by atoms with Crippen LogP contribution in [-0.4, -0.2) is 50.6 Å². The van der Waals surface area contributed by atoms with Crippen molar-refractivity contribution in [3.8, 4) is 11.1 Å². The number of hydrogen-bond donors (Lipinski definition) is 4. The molecule has 0 saturated heterocycles. The molecule has 0 amide bonds. The number of benzene rings is 2. The van der Waals surface area contributed by atoms with Crippen molar-refractivity contribution in [2.45, 2.75) is 83.6 Å². The maximum atomic E-state index is 13.6. The molecule has 0 unspecified atom stereocenters. The summed E-state index contributed by atoms with van der Waals surface area (Å²) < 4.78 is 13.6. The van der Waals surface area contributed by atoms with Crippen LogP contribution in [0.3, 0.4) is 0 Å². The Labute approximate surface area is 224 Å². The molecular formula is C31H39FN2O4. The smallest absolute Gasteiger partial charge is 0.305 e. The number of nitrogens with one attached hydrogen (secondary N) is 1. The Morgan fingerprint density at radius 2 is 1.68 bits per heavy atom. The van der Waals surface area contributed by atoms with Crippen LogP contribution in [0, 0.1) is 5.82 Å². The number of nitrogens with zero attached hydrogens (tertiary/aromatic N) is 1. The zero-order chi connectivity index (χ0) is 27.8. The van der Waals surface area contributed by atoms with Crippen LogP contribution in [-0.2, 0) is 4.79 Å². The highest BCUT2D eigenvalue weighted by Crippen LogP contribution is 2.45.